The molecule has 40 heavy (non-hydrogen) atoms. The van der Waals surface area contributed by atoms with Gasteiger partial charge in [0.05, 0.1) is 11.8 Å². The molecule has 2 aromatic heterocycles. The minimum Gasteiger partial charge on any atom is -0.463 e. The van der Waals surface area contributed by atoms with E-state index >= 15 is 0 Å². The number of unbranched alkanes of at least 4 members (excludes halogenated alkanes) is 1. The molecule has 1 amide bonds. The van der Waals surface area contributed by atoms with Crippen molar-refractivity contribution < 1.29 is 28.9 Å². The van der Waals surface area contributed by atoms with Crippen LogP contribution in [0.25, 0.3) is 5.52 Å². The average Bonchev–Trinajstić information content (AvgIpc) is 3.40. The Morgan fingerprint density at radius 1 is 1.27 bits per heavy atom. The molecule has 1 saturated heterocycles. The number of nitriles is 1. The summed E-state index contributed by atoms with van der Waals surface area (Å²) in [5.41, 5.74) is -2.09. The van der Waals surface area contributed by atoms with Crippen molar-refractivity contribution >= 4 is 23.2 Å². The van der Waals surface area contributed by atoms with Crippen molar-refractivity contribution in [1.82, 2.24) is 14.6 Å². The molecule has 0 aromatic carbocycles. The molecule has 2 fully saturated rings. The van der Waals surface area contributed by atoms with Gasteiger partial charge in [0.2, 0.25) is 5.60 Å². The fraction of sp³-hybridized carbons (Fsp3) is 0.690. The maximum atomic E-state index is 13.0. The van der Waals surface area contributed by atoms with Gasteiger partial charge in [-0.25, -0.2) is 9.50 Å². The second-order valence-corrected chi connectivity index (χ2v) is 11.4. The van der Waals surface area contributed by atoms with Gasteiger partial charge in [-0.15, -0.1) is 0 Å². The van der Waals surface area contributed by atoms with Gasteiger partial charge in [-0.1, -0.05) is 39.0 Å². The van der Waals surface area contributed by atoms with Crippen LogP contribution in [0.4, 0.5) is 5.82 Å². The van der Waals surface area contributed by atoms with Gasteiger partial charge in [0.25, 0.3) is 5.91 Å². The largest absolute Gasteiger partial charge is 0.463 e. The first-order chi connectivity index (χ1) is 19.2. The molecule has 0 unspecified atom stereocenters. The van der Waals surface area contributed by atoms with E-state index in [2.05, 4.69) is 21.5 Å². The molecule has 0 bridgehead atoms. The number of hydrogen-bond donors (Lipinski definition) is 2. The summed E-state index contributed by atoms with van der Waals surface area (Å²) in [5, 5.41) is 28.3. The number of ether oxygens (including phenoxy) is 3. The molecule has 4 rings (SSSR count). The fourth-order valence-electron chi connectivity index (χ4n) is 5.45. The lowest BCUT2D eigenvalue weighted by Gasteiger charge is -2.25. The number of aromatic nitrogens is 3. The van der Waals surface area contributed by atoms with Crippen LogP contribution in [0.3, 0.4) is 0 Å². The SMILES string of the molecule is CCCCOC(C)(C)C(=O)Nc1ncnn2c([C@]3(C#N)O[C@@H](COC(=O)CC4CCCCCC4)C[C@H]3O)ccc12. The number of nitrogens with one attached hydrogen (secondary N) is 1. The highest BCUT2D eigenvalue weighted by Gasteiger charge is 2.52. The van der Waals surface area contributed by atoms with E-state index < -0.39 is 23.4 Å². The van der Waals surface area contributed by atoms with E-state index in [4.69, 9.17) is 14.2 Å². The number of aliphatic hydroxyl groups is 1. The number of nitrogens with zero attached hydrogens (tertiary/aromatic N) is 4. The summed E-state index contributed by atoms with van der Waals surface area (Å²) in [5.74, 6) is -0.0617. The van der Waals surface area contributed by atoms with E-state index in [1.807, 2.05) is 6.92 Å². The third kappa shape index (κ3) is 6.62. The molecule has 2 aromatic rings. The van der Waals surface area contributed by atoms with Gasteiger partial charge < -0.3 is 24.6 Å². The van der Waals surface area contributed by atoms with Gasteiger partial charge in [-0.05, 0) is 51.2 Å². The second kappa shape index (κ2) is 13.1. The zero-order valence-electron chi connectivity index (χ0n) is 23.7. The Balaban J connectivity index is 1.45. The van der Waals surface area contributed by atoms with Crippen LogP contribution in [0.2, 0.25) is 0 Å². The third-order valence-electron chi connectivity index (χ3n) is 7.91. The first-order valence-corrected chi connectivity index (χ1v) is 14.4. The predicted octanol–water partition coefficient (Wildman–Crippen LogP) is 4.04. The summed E-state index contributed by atoms with van der Waals surface area (Å²) in [6.45, 7) is 5.85. The molecule has 0 radical (unpaired) electrons. The molecular weight excluding hydrogens is 514 g/mol. The van der Waals surface area contributed by atoms with Crippen molar-refractivity contribution in [3.63, 3.8) is 0 Å². The normalized spacial score (nSPS) is 24.0. The number of hydrogen-bond acceptors (Lipinski definition) is 9. The van der Waals surface area contributed by atoms with Crippen molar-refractivity contribution in [2.45, 2.75) is 108 Å². The standard InChI is InChI=1S/C29H41N5O6/c1-4-5-14-39-28(2,3)27(37)33-26-22-12-13-23(34(22)32-19-31-26)29(18-30)24(35)16-21(40-29)17-38-25(36)15-20-10-8-6-7-9-11-20/h12-13,19-21,24,35H,4-11,14-17H2,1-3H3,(H,31,32,33,37)/t21-,24-,29+/m1/s1. The van der Waals surface area contributed by atoms with Gasteiger partial charge in [-0.2, -0.15) is 10.4 Å². The van der Waals surface area contributed by atoms with Crippen LogP contribution in [0.15, 0.2) is 18.5 Å². The predicted molar refractivity (Wildman–Crippen MR) is 146 cm³/mol. The van der Waals surface area contributed by atoms with E-state index in [0.717, 1.165) is 38.5 Å². The zero-order chi connectivity index (χ0) is 28.8. The van der Waals surface area contributed by atoms with E-state index in [-0.39, 0.29) is 30.7 Å². The van der Waals surface area contributed by atoms with Gasteiger partial charge in [0.1, 0.15) is 36.2 Å². The summed E-state index contributed by atoms with van der Waals surface area (Å²) in [6, 6.07) is 5.40. The molecule has 1 aliphatic carbocycles. The molecule has 3 heterocycles. The number of esters is 1. The summed E-state index contributed by atoms with van der Waals surface area (Å²) in [6.07, 6.45) is 8.53. The molecular formula is C29H41N5O6. The number of aliphatic hydroxyl groups excluding tert-OH is 1. The first kappa shape index (κ1) is 29.9. The first-order valence-electron chi connectivity index (χ1n) is 14.4. The maximum absolute atomic E-state index is 13.0. The number of anilines is 1. The Hall–Kier alpha value is -3.07. The van der Waals surface area contributed by atoms with Crippen molar-refractivity contribution in [2.24, 2.45) is 5.92 Å². The monoisotopic (exact) mass is 555 g/mol. The molecule has 3 atom stereocenters. The lowest BCUT2D eigenvalue weighted by molar-refractivity contribution is -0.150. The Morgan fingerprint density at radius 2 is 2.02 bits per heavy atom. The van der Waals surface area contributed by atoms with Gasteiger partial charge in [0, 0.05) is 19.4 Å². The van der Waals surface area contributed by atoms with Gasteiger partial charge in [-0.3, -0.25) is 9.59 Å². The van der Waals surface area contributed by atoms with E-state index in [0.29, 0.717) is 30.2 Å². The van der Waals surface area contributed by atoms with Crippen LogP contribution in [0.5, 0.6) is 0 Å². The van der Waals surface area contributed by atoms with Crippen LogP contribution >= 0.6 is 0 Å². The maximum Gasteiger partial charge on any atom is 0.306 e. The lowest BCUT2D eigenvalue weighted by Crippen LogP contribution is -2.40. The minimum atomic E-state index is -1.73. The van der Waals surface area contributed by atoms with Gasteiger partial charge in [0.15, 0.2) is 5.82 Å². The molecule has 11 heteroatoms. The Morgan fingerprint density at radius 3 is 2.73 bits per heavy atom. The van der Waals surface area contributed by atoms with Crippen LogP contribution in [-0.4, -0.2) is 62.6 Å². The van der Waals surface area contributed by atoms with Crippen LogP contribution in [0.1, 0.15) is 90.7 Å². The molecule has 1 saturated carbocycles. The number of fused-ring (bicyclic) bond motifs is 1. The van der Waals surface area contributed by atoms with Crippen molar-refractivity contribution in [2.75, 3.05) is 18.5 Å². The number of rotatable bonds is 11. The van der Waals surface area contributed by atoms with Crippen LogP contribution in [0, 0.1) is 17.2 Å². The Kier molecular flexibility index (Phi) is 9.77. The highest BCUT2D eigenvalue weighted by molar-refractivity contribution is 5.98. The van der Waals surface area contributed by atoms with Crippen LogP contribution < -0.4 is 5.32 Å². The number of amides is 1. The second-order valence-electron chi connectivity index (χ2n) is 11.4. The van der Waals surface area contributed by atoms with E-state index in [9.17, 15) is 20.0 Å². The third-order valence-corrected chi connectivity index (χ3v) is 7.91. The summed E-state index contributed by atoms with van der Waals surface area (Å²) < 4.78 is 18.8. The topological polar surface area (TPSA) is 148 Å². The van der Waals surface area contributed by atoms with Crippen LogP contribution in [-0.2, 0) is 29.4 Å². The van der Waals surface area contributed by atoms with Crippen molar-refractivity contribution in [3.8, 4) is 6.07 Å². The number of carbonyl (C=O) groups is 2. The molecule has 1 aliphatic heterocycles. The Labute approximate surface area is 235 Å². The van der Waals surface area contributed by atoms with E-state index in [1.165, 1.54) is 23.7 Å². The van der Waals surface area contributed by atoms with Gasteiger partial charge >= 0.3 is 5.97 Å². The fourth-order valence-corrected chi connectivity index (χ4v) is 5.45. The van der Waals surface area contributed by atoms with E-state index in [1.54, 1.807) is 26.0 Å². The molecule has 0 spiro atoms. The minimum absolute atomic E-state index is 0.0429. The average molecular weight is 556 g/mol. The zero-order valence-corrected chi connectivity index (χ0v) is 23.7. The molecule has 2 N–H and O–H groups in total. The summed E-state index contributed by atoms with van der Waals surface area (Å²) in [4.78, 5) is 29.7. The smallest absolute Gasteiger partial charge is 0.306 e. The molecule has 11 nitrogen and oxygen atoms in total. The molecule has 218 valence electrons. The lowest BCUT2D eigenvalue weighted by atomic mass is 9.94. The summed E-state index contributed by atoms with van der Waals surface area (Å²) in [7, 11) is 0. The molecule has 2 aliphatic rings. The Bertz CT molecular complexity index is 1220. The summed E-state index contributed by atoms with van der Waals surface area (Å²) >= 11 is 0. The highest BCUT2D eigenvalue weighted by atomic mass is 16.6. The quantitative estimate of drug-likeness (QED) is 0.238. The van der Waals surface area contributed by atoms with Crippen molar-refractivity contribution in [3.05, 3.63) is 24.2 Å². The highest BCUT2D eigenvalue weighted by Crippen LogP contribution is 2.40. The van der Waals surface area contributed by atoms with Crippen molar-refractivity contribution in [1.29, 1.82) is 5.26 Å². The number of carbonyl (C=O) groups excluding carboxylic acids is 2.